The summed E-state index contributed by atoms with van der Waals surface area (Å²) in [7, 11) is 0. The SMILES string of the molecule is CC(=O)C(CCCC(=O)NO)C(C)=O.CC(=O)C(CCCC(=O)O)C(C)=O.CCOC(=O)CC(=O)OCC.O=C(CCCC(C(=O)O)C(=O)O)NO.O=C(CCCC(C(=O)O)C(=O)O)NO.O=C(O)CCCBr.O=[C-]C([C-]=O)CCCC(=O)NO.[CH3-].[CH3-].[CH3-].[CH3-].[I][Pt+2][I].[O]=[Ag].[O]=[Ag].[Pt+2]. The van der Waals surface area contributed by atoms with E-state index in [9.17, 15) is 86.3 Å². The first-order chi connectivity index (χ1) is 43.0. The minimum Gasteiger partial charge on any atom is 2.00 e. The number of carbonyl (C=O) groups excluding carboxylic acids is 12. The van der Waals surface area contributed by atoms with E-state index in [0.717, 1.165) is 11.8 Å². The fourth-order valence-electron chi connectivity index (χ4n) is 5.54. The molecule has 0 rings (SSSR count). The van der Waals surface area contributed by atoms with Gasteiger partial charge in [-0.05, 0) is 106 Å². The van der Waals surface area contributed by atoms with Crippen LogP contribution in [0.2, 0.25) is 0 Å². The summed E-state index contributed by atoms with van der Waals surface area (Å²) in [5.74, 6) is -16.6. The summed E-state index contributed by atoms with van der Waals surface area (Å²) in [5.41, 5.74) is 5.65. The summed E-state index contributed by atoms with van der Waals surface area (Å²) < 4.78 is 25.2. The van der Waals surface area contributed by atoms with Crippen LogP contribution >= 0.6 is 54.6 Å². The molecule has 0 atom stereocenters. The number of rotatable bonds is 37. The van der Waals surface area contributed by atoms with Crippen LogP contribution in [0, 0.1) is 59.3 Å². The number of ketones is 4. The van der Waals surface area contributed by atoms with Crippen LogP contribution in [0.5, 0.6) is 0 Å². The van der Waals surface area contributed by atoms with Crippen LogP contribution < -0.4 is 21.9 Å². The first kappa shape index (κ1) is 129. The van der Waals surface area contributed by atoms with Gasteiger partial charge in [0.2, 0.25) is 23.6 Å². The van der Waals surface area contributed by atoms with Gasteiger partial charge in [0.25, 0.3) is 0 Å². The summed E-state index contributed by atoms with van der Waals surface area (Å²) in [6, 6.07) is 0. The first-order valence-corrected chi connectivity index (χ1v) is 41.0. The first-order valence-electron chi connectivity index (χ1n) is 25.8. The average Bonchev–Trinajstić information content (AvgIpc) is 1.83. The molecule has 0 aliphatic heterocycles. The third-order valence-corrected chi connectivity index (χ3v) is 10.4. The Morgan fingerprint density at radius 1 is 0.423 bits per heavy atom. The van der Waals surface area contributed by atoms with Crippen molar-refractivity contribution in [2.45, 2.75) is 157 Å². The zero-order valence-electron chi connectivity index (χ0n) is 54.6. The topological polar surface area (TPSA) is 610 Å². The molecule has 0 unspecified atom stereocenters. The number of halogens is 3. The van der Waals surface area contributed by atoms with Crippen molar-refractivity contribution in [2.24, 2.45) is 29.6 Å². The standard InChI is InChI=1S/C9H15NO4.C9H14O4.2C7H11NO6.C7H9NO4.C7H12O4.C4H7BrO2.4CH3.2Ag.2HI.2O.2Pt/c1-6(11)8(7(2)12)4-3-5-9(13)10-14;1-6(10)8(7(2)11)4-3-5-9(12)13;2*9-5(8-14)3-1-2-4(6(10)11)7(12)13;9-4-6(5-10)2-1-3-7(11)8-12;1-3-10-6(8)5-7(9)11-4-2;5-3-1-2-4(6)7;;;;;;;;;;;;/h8,14H,3-5H2,1-2H3,(H,10,13);8H,3-5H2,1-2H3,(H,12,13);2*4,14H,1-3H2,(H,8,9)(H,10,11)(H,12,13);6,12H,1-3H2,(H,8,11);3-5H2,1-2H3;1-3H2,(H,6,7);4*1H3;;;2*1H;;;;/q;;;;-2;;;4*-1;;;;;;;+2;+4/p-2. The number of hydrogen-bond acceptors (Lipinski definition) is 26. The van der Waals surface area contributed by atoms with Crippen molar-refractivity contribution in [1.29, 1.82) is 0 Å². The number of carboxylic acids is 6. The van der Waals surface area contributed by atoms with Gasteiger partial charge in [-0.2, -0.15) is 0 Å². The molecule has 0 aromatic carbocycles. The van der Waals surface area contributed by atoms with Crippen LogP contribution in [0.1, 0.15) is 157 Å². The Morgan fingerprint density at radius 2 is 0.629 bits per heavy atom. The van der Waals surface area contributed by atoms with Gasteiger partial charge in [0.05, 0.1) is 25.0 Å². The van der Waals surface area contributed by atoms with E-state index in [2.05, 4.69) is 64.1 Å². The van der Waals surface area contributed by atoms with Crippen molar-refractivity contribution in [1.82, 2.24) is 21.9 Å². The number of Topliss-reactive ketones (excluding diaryl/α,β-unsaturated/α-hetero) is 4. The summed E-state index contributed by atoms with van der Waals surface area (Å²) >= 11 is 11.8. The van der Waals surface area contributed by atoms with Gasteiger partial charge in [0, 0.05) is 43.9 Å². The van der Waals surface area contributed by atoms with Crippen molar-refractivity contribution in [3.05, 3.63) is 29.7 Å². The summed E-state index contributed by atoms with van der Waals surface area (Å²) in [6.45, 7) is 9.37. The van der Waals surface area contributed by atoms with E-state index in [1.807, 2.05) is 0 Å². The normalized spacial score (nSPS) is 8.80. The van der Waals surface area contributed by atoms with Gasteiger partial charge in [-0.25, -0.2) is 27.8 Å². The summed E-state index contributed by atoms with van der Waals surface area (Å²) in [6.07, 6.45) is 5.63. The molecule has 0 aromatic heterocycles. The molecule has 0 radical (unpaired) electrons. The molecule has 0 aromatic rings. The number of carboxylic acid groups (broad SMARTS) is 6. The second-order valence-corrected chi connectivity index (χ2v) is 34.2. The molecular weight excluding hydrogens is 2160 g/mol. The Labute approximate surface area is 640 Å². The predicted octanol–water partition coefficient (Wildman–Crippen LogP) is 4.96. The van der Waals surface area contributed by atoms with Crippen molar-refractivity contribution in [3.63, 3.8) is 0 Å². The Balaban J connectivity index is -0.0000000610. The molecule has 0 spiro atoms. The fourth-order valence-corrected chi connectivity index (χ4v) is 5.82. The number of hydrogen-bond donors (Lipinski definition) is 14. The number of alkyl halides is 1. The fraction of sp³-hybridized carbons (Fsp3) is 0.593. The Morgan fingerprint density at radius 3 is 0.794 bits per heavy atom. The summed E-state index contributed by atoms with van der Waals surface area (Å²) in [4.78, 5) is 188. The zero-order chi connectivity index (χ0) is 74.3. The molecule has 97 heavy (non-hydrogen) atoms. The van der Waals surface area contributed by atoms with Gasteiger partial charge in [-0.1, -0.05) is 22.4 Å². The quantitative estimate of drug-likeness (QED) is 0.00571. The van der Waals surface area contributed by atoms with Crippen molar-refractivity contribution in [2.75, 3.05) is 18.5 Å². The van der Waals surface area contributed by atoms with Gasteiger partial charge in [0.1, 0.15) is 29.6 Å². The number of hydroxylamine groups is 4. The van der Waals surface area contributed by atoms with Crippen LogP contribution in [0.3, 0.4) is 0 Å². The average molecular weight is 2250 g/mol. The van der Waals surface area contributed by atoms with Gasteiger partial charge < -0.3 is 79.4 Å². The Kier molecular flexibility index (Phi) is 128. The van der Waals surface area contributed by atoms with E-state index >= 15 is 0 Å². The van der Waals surface area contributed by atoms with Gasteiger partial charge in [-0.15, -0.1) is 0 Å². The zero-order valence-corrected chi connectivity index (χ0v) is 68.0. The van der Waals surface area contributed by atoms with Gasteiger partial charge in [0.15, 0.2) is 11.8 Å². The molecule has 584 valence electrons. The minimum absolute atomic E-state index is 0. The third kappa shape index (κ3) is 106. The molecule has 0 bridgehead atoms. The molecule has 0 fully saturated rings. The predicted molar refractivity (Wildman–Crippen MR) is 342 cm³/mol. The molecule has 0 aliphatic carbocycles. The van der Waals surface area contributed by atoms with Crippen LogP contribution in [0.4, 0.5) is 0 Å². The number of ether oxygens (including phenoxy) is 2. The van der Waals surface area contributed by atoms with E-state index in [1.54, 1.807) is 55.9 Å². The van der Waals surface area contributed by atoms with Crippen LogP contribution in [-0.2, 0) is 177 Å². The monoisotopic (exact) mass is 2240 g/mol. The molecule has 14 N–H and O–H groups in total. The van der Waals surface area contributed by atoms with Crippen LogP contribution in [0.25, 0.3) is 0 Å². The maximum Gasteiger partial charge on any atom is 2.00 e. The maximum absolute atomic E-state index is 11.0. The largest absolute Gasteiger partial charge is 2.00 e. The van der Waals surface area contributed by atoms with Gasteiger partial charge in [-0.3, -0.25) is 110 Å². The molecule has 4 amide bonds. The number of aliphatic carboxylic acids is 6. The van der Waals surface area contributed by atoms with Crippen LogP contribution in [0.15, 0.2) is 0 Å². The van der Waals surface area contributed by atoms with E-state index in [-0.39, 0.29) is 164 Å². The third-order valence-electron chi connectivity index (χ3n) is 9.83. The molecular formula is C54H91Ag2BrI2N4O32Pt2-2. The van der Waals surface area contributed by atoms with Crippen molar-refractivity contribution < 1.29 is 228 Å². The second kappa shape index (κ2) is 96.1. The molecule has 0 aliphatic rings. The van der Waals surface area contributed by atoms with E-state index in [4.69, 9.17) is 58.0 Å². The molecule has 36 nitrogen and oxygen atoms in total. The summed E-state index contributed by atoms with van der Waals surface area (Å²) in [5, 5.41) is 83.3. The molecule has 43 heteroatoms. The van der Waals surface area contributed by atoms with E-state index in [1.165, 1.54) is 62.2 Å². The van der Waals surface area contributed by atoms with E-state index < -0.39 is 101 Å². The number of amides is 4. The molecule has 0 heterocycles. The smallest absolute Gasteiger partial charge is 2.00 e. The second-order valence-electron chi connectivity index (χ2n) is 16.8. The minimum atomic E-state index is -1.50. The van der Waals surface area contributed by atoms with Crippen molar-refractivity contribution >= 4 is 162 Å². The number of nitrogens with one attached hydrogen (secondary N) is 4. The van der Waals surface area contributed by atoms with E-state index in [0.29, 0.717) is 43.3 Å². The number of carbonyl (C=O) groups is 16. The maximum atomic E-state index is 11.0. The van der Waals surface area contributed by atoms with Crippen molar-refractivity contribution in [3.8, 4) is 0 Å². The van der Waals surface area contributed by atoms with Gasteiger partial charge >= 0.3 is 167 Å². The number of esters is 2. The Hall–Kier alpha value is -4.10. The molecule has 0 saturated heterocycles. The van der Waals surface area contributed by atoms with Crippen LogP contribution in [-0.4, -0.2) is 177 Å². The Bertz CT molecular complexity index is 2000. The molecule has 0 saturated carbocycles.